The molecule has 1 N–H and O–H groups in total. The molecule has 2 amide bonds. The smallest absolute Gasteiger partial charge is 0.236 e. The molecular weight excluding hydrogens is 368 g/mol. The van der Waals surface area contributed by atoms with Crippen LogP contribution in [-0.2, 0) is 16.1 Å². The zero-order valence-electron chi connectivity index (χ0n) is 17.6. The fraction of sp³-hybridized carbons (Fsp3) is 0.636. The van der Waals surface area contributed by atoms with Gasteiger partial charge in [-0.1, -0.05) is 31.0 Å². The number of methoxy groups -OCH3 is 1. The maximum absolute atomic E-state index is 12.5. The lowest BCUT2D eigenvalue weighted by molar-refractivity contribution is -0.133. The first kappa shape index (κ1) is 21.6. The van der Waals surface area contributed by atoms with Crippen molar-refractivity contribution in [2.24, 2.45) is 0 Å². The van der Waals surface area contributed by atoms with E-state index in [9.17, 15) is 9.59 Å². The van der Waals surface area contributed by atoms with Gasteiger partial charge in [-0.15, -0.1) is 0 Å². The van der Waals surface area contributed by atoms with E-state index in [4.69, 9.17) is 4.74 Å². The summed E-state index contributed by atoms with van der Waals surface area (Å²) in [6.07, 6.45) is 4.73. The van der Waals surface area contributed by atoms with E-state index < -0.39 is 0 Å². The predicted octanol–water partition coefficient (Wildman–Crippen LogP) is 1.33. The van der Waals surface area contributed by atoms with Crippen molar-refractivity contribution in [2.45, 2.75) is 32.2 Å². The van der Waals surface area contributed by atoms with E-state index in [0.717, 1.165) is 63.4 Å². The Bertz CT molecular complexity index is 666. The lowest BCUT2D eigenvalue weighted by atomic mass is 10.2. The average molecular weight is 403 g/mol. The minimum Gasteiger partial charge on any atom is -0.496 e. The number of piperazine rings is 1. The summed E-state index contributed by atoms with van der Waals surface area (Å²) in [7, 11) is 1.64. The number of carbonyl (C=O) groups is 2. The Morgan fingerprint density at radius 2 is 1.52 bits per heavy atom. The molecule has 2 aliphatic heterocycles. The van der Waals surface area contributed by atoms with Crippen molar-refractivity contribution < 1.29 is 14.3 Å². The molecule has 1 aromatic rings. The van der Waals surface area contributed by atoms with Crippen LogP contribution in [0, 0.1) is 0 Å². The second kappa shape index (κ2) is 11.2. The van der Waals surface area contributed by atoms with Crippen LogP contribution in [0.4, 0.5) is 0 Å². The quantitative estimate of drug-likeness (QED) is 0.746. The van der Waals surface area contributed by atoms with Crippen molar-refractivity contribution in [3.63, 3.8) is 0 Å². The zero-order valence-corrected chi connectivity index (χ0v) is 17.6. The summed E-state index contributed by atoms with van der Waals surface area (Å²) in [6, 6.07) is 7.71. The van der Waals surface area contributed by atoms with Crippen LogP contribution in [0.5, 0.6) is 5.75 Å². The maximum Gasteiger partial charge on any atom is 0.236 e. The number of rotatable bonds is 7. The summed E-state index contributed by atoms with van der Waals surface area (Å²) in [5.74, 6) is 1.07. The van der Waals surface area contributed by atoms with E-state index in [2.05, 4.69) is 15.1 Å². The van der Waals surface area contributed by atoms with E-state index >= 15 is 0 Å². The normalized spacial score (nSPS) is 18.9. The predicted molar refractivity (Wildman–Crippen MR) is 113 cm³/mol. The highest BCUT2D eigenvalue weighted by atomic mass is 16.5. The molecule has 7 heteroatoms. The number of para-hydroxylation sites is 1. The second-order valence-corrected chi connectivity index (χ2v) is 7.94. The monoisotopic (exact) mass is 402 g/mol. The number of hydrogen-bond acceptors (Lipinski definition) is 5. The minimum absolute atomic E-state index is 0.0185. The van der Waals surface area contributed by atoms with Crippen molar-refractivity contribution in [1.29, 1.82) is 0 Å². The number of nitrogens with zero attached hydrogens (tertiary/aromatic N) is 3. The van der Waals surface area contributed by atoms with Crippen LogP contribution < -0.4 is 10.1 Å². The van der Waals surface area contributed by atoms with E-state index in [1.165, 1.54) is 12.8 Å². The SMILES string of the molecule is COc1ccccc1CNC(=O)CN1CCN(CC(=O)N2CCCCCC2)CC1. The first-order valence-electron chi connectivity index (χ1n) is 10.8. The molecule has 29 heavy (non-hydrogen) atoms. The van der Waals surface area contributed by atoms with E-state index in [1.54, 1.807) is 7.11 Å². The molecule has 0 atom stereocenters. The highest BCUT2D eigenvalue weighted by Crippen LogP contribution is 2.16. The number of ether oxygens (including phenoxy) is 1. The molecule has 1 aromatic carbocycles. The maximum atomic E-state index is 12.5. The number of benzene rings is 1. The van der Waals surface area contributed by atoms with Crippen LogP contribution in [0.25, 0.3) is 0 Å². The summed E-state index contributed by atoms with van der Waals surface area (Å²) in [5, 5.41) is 2.98. The Morgan fingerprint density at radius 3 is 2.17 bits per heavy atom. The summed E-state index contributed by atoms with van der Waals surface area (Å²) in [4.78, 5) is 31.3. The van der Waals surface area contributed by atoms with Crippen LogP contribution in [0.3, 0.4) is 0 Å². The number of carbonyl (C=O) groups excluding carboxylic acids is 2. The Hall–Kier alpha value is -2.12. The van der Waals surface area contributed by atoms with E-state index in [1.807, 2.05) is 29.2 Å². The van der Waals surface area contributed by atoms with Gasteiger partial charge in [-0.2, -0.15) is 0 Å². The molecule has 0 radical (unpaired) electrons. The molecule has 0 spiro atoms. The van der Waals surface area contributed by atoms with Crippen molar-refractivity contribution in [3.05, 3.63) is 29.8 Å². The van der Waals surface area contributed by atoms with Crippen molar-refractivity contribution in [1.82, 2.24) is 20.0 Å². The van der Waals surface area contributed by atoms with Gasteiger partial charge in [0.2, 0.25) is 11.8 Å². The molecule has 0 unspecified atom stereocenters. The van der Waals surface area contributed by atoms with Gasteiger partial charge in [0.1, 0.15) is 5.75 Å². The average Bonchev–Trinajstić information content (AvgIpc) is 3.03. The Morgan fingerprint density at radius 1 is 0.897 bits per heavy atom. The molecule has 3 rings (SSSR count). The number of amides is 2. The lowest BCUT2D eigenvalue weighted by Gasteiger charge is -2.35. The first-order valence-corrected chi connectivity index (χ1v) is 10.8. The van der Waals surface area contributed by atoms with Crippen LogP contribution in [0.1, 0.15) is 31.2 Å². The van der Waals surface area contributed by atoms with Gasteiger partial charge in [-0.25, -0.2) is 0 Å². The van der Waals surface area contributed by atoms with Gasteiger partial charge in [0.05, 0.1) is 20.2 Å². The van der Waals surface area contributed by atoms with Gasteiger partial charge in [0, 0.05) is 51.4 Å². The third kappa shape index (κ3) is 6.72. The molecule has 160 valence electrons. The molecule has 0 aromatic heterocycles. The van der Waals surface area contributed by atoms with Crippen LogP contribution >= 0.6 is 0 Å². The van der Waals surface area contributed by atoms with Crippen LogP contribution in [-0.4, -0.2) is 86.0 Å². The minimum atomic E-state index is 0.0185. The van der Waals surface area contributed by atoms with Crippen LogP contribution in [0.2, 0.25) is 0 Å². The molecule has 2 heterocycles. The van der Waals surface area contributed by atoms with Gasteiger partial charge in [0.15, 0.2) is 0 Å². The van der Waals surface area contributed by atoms with E-state index in [0.29, 0.717) is 19.6 Å². The summed E-state index contributed by atoms with van der Waals surface area (Å²) >= 11 is 0. The third-order valence-electron chi connectivity index (χ3n) is 5.82. The first-order chi connectivity index (χ1) is 14.2. The fourth-order valence-electron chi connectivity index (χ4n) is 4.02. The summed E-state index contributed by atoms with van der Waals surface area (Å²) in [5.41, 5.74) is 0.972. The van der Waals surface area contributed by atoms with Crippen LogP contribution in [0.15, 0.2) is 24.3 Å². The summed E-state index contributed by atoms with van der Waals surface area (Å²) in [6.45, 7) is 6.48. The molecule has 0 aliphatic carbocycles. The molecule has 2 fully saturated rings. The molecule has 7 nitrogen and oxygen atoms in total. The lowest BCUT2D eigenvalue weighted by Crippen LogP contribution is -2.52. The standard InChI is InChI=1S/C22H34N4O3/c1-29-20-9-5-4-8-19(20)16-23-21(27)17-24-12-14-25(15-13-24)18-22(28)26-10-6-2-3-7-11-26/h4-5,8-9H,2-3,6-7,10-18H2,1H3,(H,23,27). The van der Waals surface area contributed by atoms with Crippen molar-refractivity contribution in [3.8, 4) is 5.75 Å². The van der Waals surface area contributed by atoms with E-state index in [-0.39, 0.29) is 11.8 Å². The number of likely N-dealkylation sites (tertiary alicyclic amines) is 1. The molecule has 2 saturated heterocycles. The molecule has 0 bridgehead atoms. The Labute approximate surface area is 174 Å². The van der Waals surface area contributed by atoms with Gasteiger partial charge >= 0.3 is 0 Å². The van der Waals surface area contributed by atoms with Crippen molar-refractivity contribution in [2.75, 3.05) is 59.5 Å². The highest BCUT2D eigenvalue weighted by molar-refractivity contribution is 5.78. The Balaban J connectivity index is 1.36. The van der Waals surface area contributed by atoms with Crippen molar-refractivity contribution >= 4 is 11.8 Å². The number of nitrogens with one attached hydrogen (secondary N) is 1. The fourth-order valence-corrected chi connectivity index (χ4v) is 4.02. The topological polar surface area (TPSA) is 65.1 Å². The summed E-state index contributed by atoms with van der Waals surface area (Å²) < 4.78 is 5.32. The third-order valence-corrected chi connectivity index (χ3v) is 5.82. The number of hydrogen-bond donors (Lipinski definition) is 1. The molecule has 0 saturated carbocycles. The molecular formula is C22H34N4O3. The van der Waals surface area contributed by atoms with Gasteiger partial charge in [-0.3, -0.25) is 19.4 Å². The van der Waals surface area contributed by atoms with Gasteiger partial charge < -0.3 is 15.0 Å². The largest absolute Gasteiger partial charge is 0.496 e. The zero-order chi connectivity index (χ0) is 20.5. The van der Waals surface area contributed by atoms with Gasteiger partial charge in [-0.05, 0) is 18.9 Å². The Kier molecular flexibility index (Phi) is 8.31. The second-order valence-electron chi connectivity index (χ2n) is 7.94. The highest BCUT2D eigenvalue weighted by Gasteiger charge is 2.23. The molecule has 2 aliphatic rings. The van der Waals surface area contributed by atoms with Gasteiger partial charge in [0.25, 0.3) is 0 Å².